The van der Waals surface area contributed by atoms with Crippen LogP contribution >= 0.6 is 11.5 Å². The van der Waals surface area contributed by atoms with Crippen LogP contribution in [-0.4, -0.2) is 16.1 Å². The van der Waals surface area contributed by atoms with Crippen LogP contribution in [0.4, 0.5) is 0 Å². The summed E-state index contributed by atoms with van der Waals surface area (Å²) in [6.45, 7) is 9.63. The standard InChI is InChI=1S/C16H23N3S/c1-5-7-17-15(16-14(6-2)18-19-20-16)13-9-11(3)8-12(4)10-13/h8-10,15,17H,5-7H2,1-4H3. The number of nitrogens with one attached hydrogen (secondary N) is 1. The molecule has 1 aromatic carbocycles. The average Bonchev–Trinajstić information content (AvgIpc) is 2.86. The molecule has 20 heavy (non-hydrogen) atoms. The summed E-state index contributed by atoms with van der Waals surface area (Å²) in [5.74, 6) is 0. The SMILES string of the molecule is CCCNC(c1cc(C)cc(C)c1)c1snnc1CC. The summed E-state index contributed by atoms with van der Waals surface area (Å²) in [7, 11) is 0. The van der Waals surface area contributed by atoms with E-state index >= 15 is 0 Å². The molecule has 4 heteroatoms. The zero-order chi connectivity index (χ0) is 14.5. The molecule has 1 atom stereocenters. The van der Waals surface area contributed by atoms with Crippen molar-refractivity contribution in [1.82, 2.24) is 14.9 Å². The number of aromatic nitrogens is 2. The Labute approximate surface area is 125 Å². The van der Waals surface area contributed by atoms with Gasteiger partial charge in [0.1, 0.15) is 0 Å². The quantitative estimate of drug-likeness (QED) is 0.879. The fourth-order valence-corrected chi connectivity index (χ4v) is 3.35. The lowest BCUT2D eigenvalue weighted by Crippen LogP contribution is -2.23. The number of hydrogen-bond donors (Lipinski definition) is 1. The second-order valence-electron chi connectivity index (χ2n) is 5.25. The van der Waals surface area contributed by atoms with Crippen molar-refractivity contribution in [2.45, 2.75) is 46.6 Å². The van der Waals surface area contributed by atoms with E-state index in [-0.39, 0.29) is 6.04 Å². The highest BCUT2D eigenvalue weighted by Crippen LogP contribution is 2.28. The average molecular weight is 289 g/mol. The van der Waals surface area contributed by atoms with Crippen LogP contribution in [-0.2, 0) is 6.42 Å². The van der Waals surface area contributed by atoms with Crippen LogP contribution in [0, 0.1) is 13.8 Å². The van der Waals surface area contributed by atoms with E-state index < -0.39 is 0 Å². The highest BCUT2D eigenvalue weighted by Gasteiger charge is 2.20. The summed E-state index contributed by atoms with van der Waals surface area (Å²) >= 11 is 1.52. The maximum Gasteiger partial charge on any atom is 0.0804 e. The van der Waals surface area contributed by atoms with E-state index in [1.807, 2.05) is 0 Å². The second kappa shape index (κ2) is 6.95. The molecule has 0 saturated carbocycles. The third-order valence-corrected chi connectivity index (χ3v) is 4.19. The number of hydrogen-bond acceptors (Lipinski definition) is 4. The number of aryl methyl sites for hydroxylation is 3. The monoisotopic (exact) mass is 289 g/mol. The van der Waals surface area contributed by atoms with Crippen molar-refractivity contribution in [3.63, 3.8) is 0 Å². The molecular weight excluding hydrogens is 266 g/mol. The highest BCUT2D eigenvalue weighted by molar-refractivity contribution is 7.05. The first kappa shape index (κ1) is 15.1. The number of rotatable bonds is 6. The first-order valence-corrected chi connectivity index (χ1v) is 8.05. The van der Waals surface area contributed by atoms with E-state index in [2.05, 4.69) is 60.8 Å². The molecular formula is C16H23N3S. The lowest BCUT2D eigenvalue weighted by molar-refractivity contribution is 0.600. The van der Waals surface area contributed by atoms with Crippen molar-refractivity contribution in [1.29, 1.82) is 0 Å². The van der Waals surface area contributed by atoms with Gasteiger partial charge >= 0.3 is 0 Å². The molecule has 0 spiro atoms. The molecule has 0 bridgehead atoms. The van der Waals surface area contributed by atoms with Crippen molar-refractivity contribution >= 4 is 11.5 Å². The molecule has 0 radical (unpaired) electrons. The Balaban J connectivity index is 2.41. The van der Waals surface area contributed by atoms with Crippen molar-refractivity contribution in [3.8, 4) is 0 Å². The minimum atomic E-state index is 0.212. The van der Waals surface area contributed by atoms with Gasteiger partial charge in [0.15, 0.2) is 0 Å². The van der Waals surface area contributed by atoms with Gasteiger partial charge < -0.3 is 5.32 Å². The van der Waals surface area contributed by atoms with Crippen LogP contribution in [0.15, 0.2) is 18.2 Å². The summed E-state index contributed by atoms with van der Waals surface area (Å²) in [4.78, 5) is 1.26. The molecule has 0 aliphatic rings. The van der Waals surface area contributed by atoms with Crippen LogP contribution in [0.3, 0.4) is 0 Å². The Hall–Kier alpha value is -1.26. The van der Waals surface area contributed by atoms with E-state index in [1.165, 1.54) is 33.1 Å². The predicted molar refractivity (Wildman–Crippen MR) is 85.3 cm³/mol. The van der Waals surface area contributed by atoms with E-state index in [9.17, 15) is 0 Å². The van der Waals surface area contributed by atoms with Crippen LogP contribution < -0.4 is 5.32 Å². The molecule has 3 nitrogen and oxygen atoms in total. The van der Waals surface area contributed by atoms with E-state index in [0.717, 1.165) is 25.1 Å². The summed E-state index contributed by atoms with van der Waals surface area (Å²) in [5.41, 5.74) is 5.04. The van der Waals surface area contributed by atoms with Crippen LogP contribution in [0.2, 0.25) is 0 Å². The molecule has 108 valence electrons. The van der Waals surface area contributed by atoms with Gasteiger partial charge in [0.2, 0.25) is 0 Å². The van der Waals surface area contributed by atoms with Gasteiger partial charge in [-0.1, -0.05) is 47.7 Å². The van der Waals surface area contributed by atoms with Gasteiger partial charge in [-0.2, -0.15) is 0 Å². The summed E-state index contributed by atoms with van der Waals surface area (Å²) < 4.78 is 4.14. The predicted octanol–water partition coefficient (Wildman–Crippen LogP) is 3.81. The van der Waals surface area contributed by atoms with Gasteiger partial charge in [-0.05, 0) is 50.3 Å². The van der Waals surface area contributed by atoms with Crippen molar-refractivity contribution < 1.29 is 0 Å². The first-order chi connectivity index (χ1) is 9.65. The third-order valence-electron chi connectivity index (χ3n) is 3.36. The van der Waals surface area contributed by atoms with Crippen LogP contribution in [0.25, 0.3) is 0 Å². The summed E-state index contributed by atoms with van der Waals surface area (Å²) in [5, 5.41) is 7.91. The maximum absolute atomic E-state index is 4.26. The third kappa shape index (κ3) is 3.44. The van der Waals surface area contributed by atoms with E-state index in [4.69, 9.17) is 0 Å². The molecule has 2 aromatic rings. The smallest absolute Gasteiger partial charge is 0.0804 e. The molecule has 0 aliphatic carbocycles. The highest BCUT2D eigenvalue weighted by atomic mass is 32.1. The lowest BCUT2D eigenvalue weighted by Gasteiger charge is -2.19. The Kier molecular flexibility index (Phi) is 5.26. The molecule has 0 aliphatic heterocycles. The van der Waals surface area contributed by atoms with Crippen molar-refractivity contribution in [2.24, 2.45) is 0 Å². The number of benzene rings is 1. The lowest BCUT2D eigenvalue weighted by atomic mass is 9.99. The minimum absolute atomic E-state index is 0.212. The molecule has 1 heterocycles. The Morgan fingerprint density at radius 1 is 1.15 bits per heavy atom. The normalized spacial score (nSPS) is 12.6. The maximum atomic E-state index is 4.26. The first-order valence-electron chi connectivity index (χ1n) is 7.28. The van der Waals surface area contributed by atoms with Crippen molar-refractivity contribution in [3.05, 3.63) is 45.5 Å². The molecule has 1 unspecified atom stereocenters. The van der Waals surface area contributed by atoms with Gasteiger partial charge in [0, 0.05) is 0 Å². The van der Waals surface area contributed by atoms with Crippen LogP contribution in [0.5, 0.6) is 0 Å². The Morgan fingerprint density at radius 2 is 1.85 bits per heavy atom. The summed E-state index contributed by atoms with van der Waals surface area (Å²) in [6, 6.07) is 6.95. The molecule has 0 fully saturated rings. The Morgan fingerprint density at radius 3 is 2.45 bits per heavy atom. The molecule has 0 amide bonds. The molecule has 1 N–H and O–H groups in total. The topological polar surface area (TPSA) is 37.8 Å². The number of nitrogens with zero attached hydrogens (tertiary/aromatic N) is 2. The zero-order valence-electron chi connectivity index (χ0n) is 12.7. The zero-order valence-corrected chi connectivity index (χ0v) is 13.5. The fraction of sp³-hybridized carbons (Fsp3) is 0.500. The fourth-order valence-electron chi connectivity index (χ4n) is 2.51. The summed E-state index contributed by atoms with van der Waals surface area (Å²) in [6.07, 6.45) is 2.05. The largest absolute Gasteiger partial charge is 0.305 e. The van der Waals surface area contributed by atoms with Gasteiger partial charge in [0.25, 0.3) is 0 Å². The molecule has 0 saturated heterocycles. The van der Waals surface area contributed by atoms with Gasteiger partial charge in [0.05, 0.1) is 16.6 Å². The van der Waals surface area contributed by atoms with E-state index in [0.29, 0.717) is 0 Å². The molecule has 1 aromatic heterocycles. The van der Waals surface area contributed by atoms with Gasteiger partial charge in [-0.15, -0.1) is 5.10 Å². The van der Waals surface area contributed by atoms with Crippen molar-refractivity contribution in [2.75, 3.05) is 6.54 Å². The van der Waals surface area contributed by atoms with E-state index in [1.54, 1.807) is 0 Å². The molecule has 2 rings (SSSR count). The van der Waals surface area contributed by atoms with Gasteiger partial charge in [-0.3, -0.25) is 0 Å². The Bertz CT molecular complexity index is 542. The van der Waals surface area contributed by atoms with Crippen LogP contribution in [0.1, 0.15) is 53.6 Å². The van der Waals surface area contributed by atoms with Gasteiger partial charge in [-0.25, -0.2) is 0 Å². The second-order valence-corrected chi connectivity index (χ2v) is 6.03. The minimum Gasteiger partial charge on any atom is -0.305 e.